The second-order valence-electron chi connectivity index (χ2n) is 7.15. The molecule has 0 aliphatic heterocycles. The highest BCUT2D eigenvalue weighted by Gasteiger charge is 2.41. The molecular formula is C15H28N2O2. The van der Waals surface area contributed by atoms with E-state index in [-0.39, 0.29) is 6.09 Å². The molecule has 0 aromatic rings. The fourth-order valence-corrected chi connectivity index (χ4v) is 2.51. The van der Waals surface area contributed by atoms with Crippen LogP contribution >= 0.6 is 0 Å². The second-order valence-corrected chi connectivity index (χ2v) is 7.15. The van der Waals surface area contributed by atoms with Crippen LogP contribution in [-0.2, 0) is 4.74 Å². The van der Waals surface area contributed by atoms with Crippen molar-refractivity contribution in [1.29, 1.82) is 0 Å². The third-order valence-electron chi connectivity index (χ3n) is 3.69. The van der Waals surface area contributed by atoms with Crippen LogP contribution in [0.25, 0.3) is 0 Å². The number of amides is 1. The molecule has 19 heavy (non-hydrogen) atoms. The molecule has 2 fully saturated rings. The highest BCUT2D eigenvalue weighted by atomic mass is 16.6. The van der Waals surface area contributed by atoms with Gasteiger partial charge in [0.15, 0.2) is 0 Å². The maximum Gasteiger partial charge on any atom is 0.407 e. The SMILES string of the molecule is CC(CNC(=O)OC(C)(C)C)NC(C1CC1)C1CC1. The number of hydrogen-bond acceptors (Lipinski definition) is 3. The van der Waals surface area contributed by atoms with Gasteiger partial charge in [-0.15, -0.1) is 0 Å². The standard InChI is InChI=1S/C15H28N2O2/c1-10(9-16-14(18)19-15(2,3)4)17-13(11-5-6-11)12-7-8-12/h10-13,17H,5-9H2,1-4H3,(H,16,18). The van der Waals surface area contributed by atoms with E-state index < -0.39 is 5.60 Å². The molecule has 4 nitrogen and oxygen atoms in total. The zero-order chi connectivity index (χ0) is 14.0. The molecule has 0 aromatic carbocycles. The minimum absolute atomic E-state index is 0.304. The van der Waals surface area contributed by atoms with Gasteiger partial charge < -0.3 is 15.4 Å². The normalized spacial score (nSPS) is 21.3. The molecule has 0 radical (unpaired) electrons. The number of rotatable bonds is 6. The number of hydrogen-bond donors (Lipinski definition) is 2. The molecule has 2 rings (SSSR count). The zero-order valence-electron chi connectivity index (χ0n) is 12.7. The number of alkyl carbamates (subject to hydrolysis) is 1. The third kappa shape index (κ3) is 5.39. The first kappa shape index (κ1) is 14.6. The highest BCUT2D eigenvalue weighted by molar-refractivity contribution is 5.67. The Hall–Kier alpha value is -0.770. The Morgan fingerprint density at radius 1 is 1.21 bits per heavy atom. The Morgan fingerprint density at radius 2 is 1.74 bits per heavy atom. The van der Waals surface area contributed by atoms with Crippen LogP contribution in [0.1, 0.15) is 53.4 Å². The van der Waals surface area contributed by atoms with E-state index in [1.165, 1.54) is 25.7 Å². The summed E-state index contributed by atoms with van der Waals surface area (Å²) in [5.41, 5.74) is -0.425. The van der Waals surface area contributed by atoms with Crippen LogP contribution in [0, 0.1) is 11.8 Å². The summed E-state index contributed by atoms with van der Waals surface area (Å²) >= 11 is 0. The Morgan fingerprint density at radius 3 is 2.16 bits per heavy atom. The molecule has 2 aliphatic rings. The molecule has 0 spiro atoms. The van der Waals surface area contributed by atoms with Crippen molar-refractivity contribution in [2.75, 3.05) is 6.54 Å². The van der Waals surface area contributed by atoms with Crippen molar-refractivity contribution in [2.45, 2.75) is 71.1 Å². The summed E-state index contributed by atoms with van der Waals surface area (Å²) in [7, 11) is 0. The summed E-state index contributed by atoms with van der Waals surface area (Å²) in [6.07, 6.45) is 5.18. The molecule has 0 bridgehead atoms. The second kappa shape index (κ2) is 5.70. The maximum atomic E-state index is 11.6. The van der Waals surface area contributed by atoms with E-state index in [4.69, 9.17) is 4.74 Å². The molecule has 1 amide bonds. The molecule has 1 unspecified atom stereocenters. The Bertz CT molecular complexity index is 305. The van der Waals surface area contributed by atoms with Crippen LogP contribution < -0.4 is 10.6 Å². The van der Waals surface area contributed by atoms with Crippen molar-refractivity contribution in [1.82, 2.24) is 10.6 Å². The lowest BCUT2D eigenvalue weighted by Crippen LogP contribution is -2.46. The van der Waals surface area contributed by atoms with Gasteiger partial charge in [0.25, 0.3) is 0 Å². The molecule has 2 aliphatic carbocycles. The summed E-state index contributed by atoms with van der Waals surface area (Å²) in [5.74, 6) is 1.77. The van der Waals surface area contributed by atoms with Crippen molar-refractivity contribution in [3.8, 4) is 0 Å². The van der Waals surface area contributed by atoms with Crippen LogP contribution in [0.5, 0.6) is 0 Å². The van der Waals surface area contributed by atoms with Gasteiger partial charge in [0.05, 0.1) is 0 Å². The number of carbonyl (C=O) groups excluding carboxylic acids is 1. The quantitative estimate of drug-likeness (QED) is 0.778. The summed E-state index contributed by atoms with van der Waals surface area (Å²) in [5, 5.41) is 6.53. The molecule has 0 aromatic heterocycles. The van der Waals surface area contributed by atoms with Crippen molar-refractivity contribution in [3.05, 3.63) is 0 Å². The fourth-order valence-electron chi connectivity index (χ4n) is 2.51. The first-order valence-electron chi connectivity index (χ1n) is 7.58. The van der Waals surface area contributed by atoms with Crippen LogP contribution in [0.3, 0.4) is 0 Å². The lowest BCUT2D eigenvalue weighted by molar-refractivity contribution is 0.0522. The van der Waals surface area contributed by atoms with Gasteiger partial charge in [-0.2, -0.15) is 0 Å². The zero-order valence-corrected chi connectivity index (χ0v) is 12.7. The Labute approximate surface area is 116 Å². The van der Waals surface area contributed by atoms with Gasteiger partial charge in [-0.1, -0.05) is 0 Å². The van der Waals surface area contributed by atoms with E-state index in [0.29, 0.717) is 18.6 Å². The van der Waals surface area contributed by atoms with Crippen molar-refractivity contribution in [2.24, 2.45) is 11.8 Å². The molecule has 0 saturated heterocycles. The maximum absolute atomic E-state index is 11.6. The molecule has 2 saturated carbocycles. The molecule has 0 heterocycles. The van der Waals surface area contributed by atoms with Crippen molar-refractivity contribution < 1.29 is 9.53 Å². The predicted molar refractivity (Wildman–Crippen MR) is 76.1 cm³/mol. The number of ether oxygens (including phenoxy) is 1. The fraction of sp³-hybridized carbons (Fsp3) is 0.933. The van der Waals surface area contributed by atoms with Crippen LogP contribution in [0.15, 0.2) is 0 Å². The van der Waals surface area contributed by atoms with Crippen LogP contribution in [0.4, 0.5) is 4.79 Å². The Kier molecular flexibility index (Phi) is 4.39. The van der Waals surface area contributed by atoms with Gasteiger partial charge >= 0.3 is 6.09 Å². The smallest absolute Gasteiger partial charge is 0.407 e. The van der Waals surface area contributed by atoms with E-state index in [0.717, 1.165) is 11.8 Å². The van der Waals surface area contributed by atoms with E-state index >= 15 is 0 Å². The summed E-state index contributed by atoms with van der Waals surface area (Å²) in [6, 6.07) is 0.981. The molecular weight excluding hydrogens is 240 g/mol. The van der Waals surface area contributed by atoms with Crippen molar-refractivity contribution in [3.63, 3.8) is 0 Å². The summed E-state index contributed by atoms with van der Waals surface area (Å²) in [6.45, 7) is 8.40. The summed E-state index contributed by atoms with van der Waals surface area (Å²) in [4.78, 5) is 11.6. The average molecular weight is 268 g/mol. The molecule has 110 valence electrons. The average Bonchev–Trinajstić information content (AvgIpc) is 3.14. The number of nitrogens with one attached hydrogen (secondary N) is 2. The van der Waals surface area contributed by atoms with Gasteiger partial charge in [0.1, 0.15) is 5.60 Å². The van der Waals surface area contributed by atoms with Crippen LogP contribution in [0.2, 0.25) is 0 Å². The topological polar surface area (TPSA) is 50.4 Å². The predicted octanol–water partition coefficient (Wildman–Crippen LogP) is 2.68. The first-order chi connectivity index (χ1) is 8.85. The van der Waals surface area contributed by atoms with Gasteiger partial charge in [0.2, 0.25) is 0 Å². The lowest BCUT2D eigenvalue weighted by Gasteiger charge is -2.24. The number of carbonyl (C=O) groups is 1. The van der Waals surface area contributed by atoms with E-state index in [1.807, 2.05) is 20.8 Å². The highest BCUT2D eigenvalue weighted by Crippen LogP contribution is 2.44. The monoisotopic (exact) mass is 268 g/mol. The lowest BCUT2D eigenvalue weighted by atomic mass is 10.1. The third-order valence-corrected chi connectivity index (χ3v) is 3.69. The Balaban J connectivity index is 1.66. The minimum Gasteiger partial charge on any atom is -0.444 e. The largest absolute Gasteiger partial charge is 0.444 e. The van der Waals surface area contributed by atoms with E-state index in [1.54, 1.807) is 0 Å². The first-order valence-corrected chi connectivity index (χ1v) is 7.58. The molecule has 1 atom stereocenters. The van der Waals surface area contributed by atoms with Crippen molar-refractivity contribution >= 4 is 6.09 Å². The van der Waals surface area contributed by atoms with Gasteiger partial charge in [-0.3, -0.25) is 0 Å². The van der Waals surface area contributed by atoms with E-state index in [2.05, 4.69) is 17.6 Å². The molecule has 4 heteroatoms. The molecule has 2 N–H and O–H groups in total. The van der Waals surface area contributed by atoms with Gasteiger partial charge in [0, 0.05) is 18.6 Å². The van der Waals surface area contributed by atoms with Gasteiger partial charge in [-0.25, -0.2) is 4.79 Å². The van der Waals surface area contributed by atoms with Gasteiger partial charge in [-0.05, 0) is 65.2 Å². The summed E-state index contributed by atoms with van der Waals surface area (Å²) < 4.78 is 5.23. The minimum atomic E-state index is -0.425. The van der Waals surface area contributed by atoms with Crippen LogP contribution in [-0.4, -0.2) is 30.3 Å². The van der Waals surface area contributed by atoms with E-state index in [9.17, 15) is 4.79 Å².